The number of nitrogens with zero attached hydrogens (tertiary/aromatic N) is 1. The van der Waals surface area contributed by atoms with Crippen molar-refractivity contribution in [1.29, 1.82) is 0 Å². The van der Waals surface area contributed by atoms with Crippen LogP contribution in [-0.2, 0) is 9.53 Å². The smallest absolute Gasteiger partial charge is 0.309 e. The number of esters is 1. The SMILES string of the molecule is CN1C2CCC1CC(OC(=O)C1CCC1)C2. The summed E-state index contributed by atoms with van der Waals surface area (Å²) < 4.78 is 5.66. The molecule has 0 N–H and O–H groups in total. The average Bonchev–Trinajstić information content (AvgIpc) is 2.42. The van der Waals surface area contributed by atoms with Crippen LogP contribution in [0.1, 0.15) is 44.9 Å². The van der Waals surface area contributed by atoms with E-state index in [1.165, 1.54) is 19.3 Å². The first-order chi connectivity index (χ1) is 7.74. The number of hydrogen-bond donors (Lipinski definition) is 0. The quantitative estimate of drug-likeness (QED) is 0.670. The van der Waals surface area contributed by atoms with Gasteiger partial charge in [0.1, 0.15) is 6.10 Å². The highest BCUT2D eigenvalue weighted by Gasteiger charge is 2.40. The van der Waals surface area contributed by atoms with Gasteiger partial charge in [-0.3, -0.25) is 4.79 Å². The van der Waals surface area contributed by atoms with Gasteiger partial charge >= 0.3 is 5.97 Å². The van der Waals surface area contributed by atoms with E-state index in [2.05, 4.69) is 11.9 Å². The normalized spacial score (nSPS) is 39.4. The lowest BCUT2D eigenvalue weighted by Crippen LogP contribution is -2.44. The Morgan fingerprint density at radius 2 is 1.75 bits per heavy atom. The molecule has 0 aromatic rings. The van der Waals surface area contributed by atoms with E-state index < -0.39 is 0 Å². The summed E-state index contributed by atoms with van der Waals surface area (Å²) in [5.41, 5.74) is 0. The number of rotatable bonds is 2. The standard InChI is InChI=1S/C13H21NO2/c1-14-10-5-6-11(14)8-12(7-10)16-13(15)9-3-2-4-9/h9-12H,2-8H2,1H3. The molecule has 0 aromatic heterocycles. The molecule has 0 spiro atoms. The minimum Gasteiger partial charge on any atom is -0.462 e. The molecule has 0 aromatic carbocycles. The fourth-order valence-corrected chi connectivity index (χ4v) is 3.36. The van der Waals surface area contributed by atoms with Crippen LogP contribution >= 0.6 is 0 Å². The topological polar surface area (TPSA) is 29.5 Å². The Kier molecular flexibility index (Phi) is 2.66. The second-order valence-electron chi connectivity index (χ2n) is 5.71. The predicted molar refractivity (Wildman–Crippen MR) is 61.0 cm³/mol. The molecule has 3 heteroatoms. The zero-order valence-electron chi connectivity index (χ0n) is 10.0. The minimum absolute atomic E-state index is 0.0835. The summed E-state index contributed by atoms with van der Waals surface area (Å²) in [5.74, 6) is 0.317. The summed E-state index contributed by atoms with van der Waals surface area (Å²) >= 11 is 0. The summed E-state index contributed by atoms with van der Waals surface area (Å²) in [7, 11) is 2.21. The van der Waals surface area contributed by atoms with Gasteiger partial charge in [0.05, 0.1) is 5.92 Å². The van der Waals surface area contributed by atoms with Gasteiger partial charge in [0.2, 0.25) is 0 Å². The zero-order valence-corrected chi connectivity index (χ0v) is 10.0. The van der Waals surface area contributed by atoms with E-state index in [0.29, 0.717) is 12.1 Å². The van der Waals surface area contributed by atoms with Crippen LogP contribution in [0.2, 0.25) is 0 Å². The third kappa shape index (κ3) is 1.75. The van der Waals surface area contributed by atoms with Crippen LogP contribution in [0, 0.1) is 5.92 Å². The van der Waals surface area contributed by atoms with Crippen molar-refractivity contribution in [3.63, 3.8) is 0 Å². The van der Waals surface area contributed by atoms with Crippen LogP contribution < -0.4 is 0 Å². The molecule has 3 aliphatic rings. The molecule has 16 heavy (non-hydrogen) atoms. The van der Waals surface area contributed by atoms with E-state index in [0.717, 1.165) is 25.7 Å². The van der Waals surface area contributed by atoms with E-state index in [-0.39, 0.29) is 18.0 Å². The van der Waals surface area contributed by atoms with Gasteiger partial charge < -0.3 is 9.64 Å². The molecular formula is C13H21NO2. The van der Waals surface area contributed by atoms with Crippen LogP contribution in [0.15, 0.2) is 0 Å². The van der Waals surface area contributed by atoms with Gasteiger partial charge in [0.15, 0.2) is 0 Å². The number of fused-ring (bicyclic) bond motifs is 2. The maximum Gasteiger partial charge on any atom is 0.309 e. The molecule has 3 fully saturated rings. The van der Waals surface area contributed by atoms with Crippen molar-refractivity contribution in [2.75, 3.05) is 7.05 Å². The maximum absolute atomic E-state index is 11.8. The lowest BCUT2D eigenvalue weighted by atomic mass is 9.85. The molecule has 2 aliphatic heterocycles. The predicted octanol–water partition coefficient (Wildman–Crippen LogP) is 1.95. The van der Waals surface area contributed by atoms with Crippen LogP contribution in [0.5, 0.6) is 0 Å². The van der Waals surface area contributed by atoms with E-state index in [1.807, 2.05) is 0 Å². The molecule has 2 saturated heterocycles. The Morgan fingerprint density at radius 3 is 2.25 bits per heavy atom. The average molecular weight is 223 g/mol. The van der Waals surface area contributed by atoms with Crippen molar-refractivity contribution in [3.05, 3.63) is 0 Å². The van der Waals surface area contributed by atoms with Gasteiger partial charge in [-0.15, -0.1) is 0 Å². The molecule has 2 atom stereocenters. The Balaban J connectivity index is 1.55. The third-order valence-electron chi connectivity index (χ3n) is 4.78. The van der Waals surface area contributed by atoms with Crippen LogP contribution in [0.3, 0.4) is 0 Å². The maximum atomic E-state index is 11.8. The fourth-order valence-electron chi connectivity index (χ4n) is 3.36. The first-order valence-corrected chi connectivity index (χ1v) is 6.66. The highest BCUT2D eigenvalue weighted by Crippen LogP contribution is 2.36. The van der Waals surface area contributed by atoms with Gasteiger partial charge in [-0.25, -0.2) is 0 Å². The molecule has 2 heterocycles. The Morgan fingerprint density at radius 1 is 1.12 bits per heavy atom. The summed E-state index contributed by atoms with van der Waals surface area (Å²) in [6.45, 7) is 0. The van der Waals surface area contributed by atoms with Crippen molar-refractivity contribution < 1.29 is 9.53 Å². The van der Waals surface area contributed by atoms with E-state index in [1.54, 1.807) is 0 Å². The second-order valence-corrected chi connectivity index (χ2v) is 5.71. The Hall–Kier alpha value is -0.570. The molecule has 0 amide bonds. The van der Waals surface area contributed by atoms with Crippen LogP contribution in [-0.4, -0.2) is 36.1 Å². The van der Waals surface area contributed by atoms with E-state index in [4.69, 9.17) is 4.74 Å². The molecule has 2 bridgehead atoms. The lowest BCUT2D eigenvalue weighted by Gasteiger charge is -2.37. The summed E-state index contributed by atoms with van der Waals surface area (Å²) in [6.07, 6.45) is 8.23. The van der Waals surface area contributed by atoms with Gasteiger partial charge in [-0.05, 0) is 45.6 Å². The van der Waals surface area contributed by atoms with Crippen molar-refractivity contribution >= 4 is 5.97 Å². The Bertz CT molecular complexity index is 274. The first-order valence-electron chi connectivity index (χ1n) is 6.66. The molecule has 1 aliphatic carbocycles. The molecule has 3 rings (SSSR count). The third-order valence-corrected chi connectivity index (χ3v) is 4.78. The largest absolute Gasteiger partial charge is 0.462 e. The van der Waals surface area contributed by atoms with Gasteiger partial charge in [0.25, 0.3) is 0 Å². The van der Waals surface area contributed by atoms with E-state index in [9.17, 15) is 4.79 Å². The van der Waals surface area contributed by atoms with Crippen molar-refractivity contribution in [2.24, 2.45) is 5.92 Å². The molecule has 2 unspecified atom stereocenters. The monoisotopic (exact) mass is 223 g/mol. The van der Waals surface area contributed by atoms with Gasteiger partial charge in [0, 0.05) is 12.1 Å². The fraction of sp³-hybridized carbons (Fsp3) is 0.923. The molecule has 3 nitrogen and oxygen atoms in total. The van der Waals surface area contributed by atoms with E-state index >= 15 is 0 Å². The molecule has 90 valence electrons. The highest BCUT2D eigenvalue weighted by atomic mass is 16.5. The summed E-state index contributed by atoms with van der Waals surface area (Å²) in [6, 6.07) is 1.33. The second kappa shape index (κ2) is 4.02. The number of piperidine rings is 1. The van der Waals surface area contributed by atoms with Crippen molar-refractivity contribution in [3.8, 4) is 0 Å². The lowest BCUT2D eigenvalue weighted by molar-refractivity contribution is -0.160. The van der Waals surface area contributed by atoms with Crippen molar-refractivity contribution in [2.45, 2.75) is 63.1 Å². The van der Waals surface area contributed by atoms with Crippen LogP contribution in [0.25, 0.3) is 0 Å². The summed E-state index contributed by atoms with van der Waals surface area (Å²) in [4.78, 5) is 14.3. The zero-order chi connectivity index (χ0) is 11.1. The first kappa shape index (κ1) is 10.6. The Labute approximate surface area is 97.1 Å². The molecule has 1 saturated carbocycles. The number of carbonyl (C=O) groups excluding carboxylic acids is 1. The van der Waals surface area contributed by atoms with Gasteiger partial charge in [-0.1, -0.05) is 6.42 Å². The number of ether oxygens (including phenoxy) is 1. The minimum atomic E-state index is 0.0835. The summed E-state index contributed by atoms with van der Waals surface area (Å²) in [5, 5.41) is 0. The van der Waals surface area contributed by atoms with Crippen molar-refractivity contribution in [1.82, 2.24) is 4.90 Å². The molecular weight excluding hydrogens is 202 g/mol. The van der Waals surface area contributed by atoms with Crippen LogP contribution in [0.4, 0.5) is 0 Å². The van der Waals surface area contributed by atoms with Gasteiger partial charge in [-0.2, -0.15) is 0 Å². The number of hydrogen-bond acceptors (Lipinski definition) is 3. The highest BCUT2D eigenvalue weighted by molar-refractivity contribution is 5.73. The molecule has 0 radical (unpaired) electrons. The number of carbonyl (C=O) groups is 1.